The summed E-state index contributed by atoms with van der Waals surface area (Å²) < 4.78 is 28.5. The summed E-state index contributed by atoms with van der Waals surface area (Å²) in [6.07, 6.45) is 0.503. The van der Waals surface area contributed by atoms with E-state index in [9.17, 15) is 47.9 Å². The fourth-order valence-corrected chi connectivity index (χ4v) is 11.1. The summed E-state index contributed by atoms with van der Waals surface area (Å²) >= 11 is 0. The number of hydrogen-bond acceptors (Lipinski definition) is 15. The van der Waals surface area contributed by atoms with Crippen LogP contribution in [0.1, 0.15) is 133 Å². The number of alkyl carbamates (subject to hydrolysis) is 1. The molecule has 0 bridgehead atoms. The zero-order valence-corrected chi connectivity index (χ0v) is 56.4. The Kier molecular flexibility index (Phi) is 31.9. The van der Waals surface area contributed by atoms with E-state index >= 15 is 0 Å². The Bertz CT molecular complexity index is 2720. The molecular weight excluding hydrogens is 1170 g/mol. The Labute approximate surface area is 538 Å². The van der Waals surface area contributed by atoms with Crippen molar-refractivity contribution < 1.29 is 71.6 Å². The molecule has 3 rings (SSSR count). The summed E-state index contributed by atoms with van der Waals surface area (Å²) in [5, 5.41) is 16.3. The third-order valence-electron chi connectivity index (χ3n) is 16.1. The van der Waals surface area contributed by atoms with E-state index in [4.69, 9.17) is 29.4 Å². The second-order valence-corrected chi connectivity index (χ2v) is 25.4. The maximum atomic E-state index is 14.8. The second-order valence-electron chi connectivity index (χ2n) is 25.4. The Balaban J connectivity index is 1.74. The molecule has 0 saturated carbocycles. The van der Waals surface area contributed by atoms with Crippen LogP contribution in [0.5, 0.6) is 0 Å². The van der Waals surface area contributed by atoms with Crippen molar-refractivity contribution in [3.05, 3.63) is 78.4 Å². The third-order valence-corrected chi connectivity index (χ3v) is 16.1. The van der Waals surface area contributed by atoms with Crippen molar-refractivity contribution in [2.24, 2.45) is 35.3 Å². The minimum atomic E-state index is -1.10. The molecule has 25 nitrogen and oxygen atoms in total. The smallest absolute Gasteiger partial charge is 0.410 e. The number of urea groups is 1. The van der Waals surface area contributed by atoms with E-state index in [1.165, 1.54) is 37.1 Å². The SMILES string of the molecule is C=CCOC(=O)[C@H](Cc1ccccc1)NC(=O)[C@H](C)[C@@H](OC)[C@@H]1CCCN1C(=O)C[C@@H](OC)[C@H]([C@@H](C)CC)N(C)C(=O)[C@@H](NC(=O)[C@H](C(C)C)N(C)C(=O)OCc1ccc(NC(=O)C(CCCNC(N)=O)NC(=O)C(NC(=O)OC(C)(C)C)C(C)C)cc1)C(C)C. The summed E-state index contributed by atoms with van der Waals surface area (Å²) in [5.74, 6) is -5.81. The number of nitrogens with one attached hydrogen (secondary N) is 6. The van der Waals surface area contributed by atoms with Crippen LogP contribution in [0, 0.1) is 29.6 Å². The highest BCUT2D eigenvalue weighted by atomic mass is 16.6. The lowest BCUT2D eigenvalue weighted by Crippen LogP contribution is -2.60. The van der Waals surface area contributed by atoms with Crippen LogP contribution >= 0.6 is 0 Å². The molecule has 1 aliphatic heterocycles. The van der Waals surface area contributed by atoms with Crippen molar-refractivity contribution in [1.82, 2.24) is 41.3 Å². The molecule has 0 spiro atoms. The Morgan fingerprint density at radius 1 is 0.736 bits per heavy atom. The molecule has 1 aliphatic rings. The molecule has 1 heterocycles. The average molecular weight is 1280 g/mol. The van der Waals surface area contributed by atoms with Crippen LogP contribution in [0.2, 0.25) is 0 Å². The molecule has 2 aromatic carbocycles. The van der Waals surface area contributed by atoms with Gasteiger partial charge in [0.1, 0.15) is 49.0 Å². The fraction of sp³-hybridized carbons (Fsp3) is 0.636. The molecule has 508 valence electrons. The first kappa shape index (κ1) is 77.4. The van der Waals surface area contributed by atoms with Crippen LogP contribution in [-0.2, 0) is 70.3 Å². The van der Waals surface area contributed by atoms with Gasteiger partial charge in [-0.3, -0.25) is 33.7 Å². The fourth-order valence-electron chi connectivity index (χ4n) is 11.1. The number of carbonyl (C=O) groups is 10. The third kappa shape index (κ3) is 24.4. The van der Waals surface area contributed by atoms with Gasteiger partial charge < -0.3 is 71.1 Å². The van der Waals surface area contributed by atoms with E-state index in [2.05, 4.69) is 38.5 Å². The number of methoxy groups -OCH3 is 2. The maximum Gasteiger partial charge on any atom is 0.410 e. The number of ether oxygens (including phenoxy) is 5. The number of likely N-dealkylation sites (tertiary alicyclic amines) is 1. The van der Waals surface area contributed by atoms with Crippen molar-refractivity contribution in [3.8, 4) is 0 Å². The lowest BCUT2D eigenvalue weighted by Gasteiger charge is -2.41. The van der Waals surface area contributed by atoms with Gasteiger partial charge in [0.2, 0.25) is 35.4 Å². The highest BCUT2D eigenvalue weighted by molar-refractivity contribution is 5.98. The van der Waals surface area contributed by atoms with Crippen LogP contribution in [0.25, 0.3) is 0 Å². The number of nitrogens with two attached hydrogens (primary N) is 1. The van der Waals surface area contributed by atoms with Crippen molar-refractivity contribution >= 4 is 65.3 Å². The molecule has 2 aromatic rings. The zero-order chi connectivity index (χ0) is 68.4. The molecule has 0 aromatic heterocycles. The van der Waals surface area contributed by atoms with Gasteiger partial charge >= 0.3 is 24.2 Å². The Hall–Kier alpha value is -7.80. The van der Waals surface area contributed by atoms with E-state index in [1.807, 2.05) is 44.2 Å². The monoisotopic (exact) mass is 1280 g/mol. The summed E-state index contributed by atoms with van der Waals surface area (Å²) in [4.78, 5) is 140. The van der Waals surface area contributed by atoms with E-state index in [0.717, 1.165) is 5.56 Å². The van der Waals surface area contributed by atoms with Gasteiger partial charge in [0, 0.05) is 53.5 Å². The van der Waals surface area contributed by atoms with Gasteiger partial charge in [0.25, 0.3) is 0 Å². The zero-order valence-electron chi connectivity index (χ0n) is 56.4. The number of rotatable bonds is 35. The van der Waals surface area contributed by atoms with Crippen molar-refractivity contribution in [2.45, 2.75) is 195 Å². The summed E-state index contributed by atoms with van der Waals surface area (Å²) in [6.45, 7) is 25.2. The molecule has 1 saturated heterocycles. The lowest BCUT2D eigenvalue weighted by atomic mass is 9.89. The molecule has 91 heavy (non-hydrogen) atoms. The van der Waals surface area contributed by atoms with E-state index < -0.39 is 132 Å². The van der Waals surface area contributed by atoms with Gasteiger partial charge in [-0.05, 0) is 93.4 Å². The highest BCUT2D eigenvalue weighted by Gasteiger charge is 2.44. The van der Waals surface area contributed by atoms with Crippen molar-refractivity contribution in [1.29, 1.82) is 0 Å². The van der Waals surface area contributed by atoms with Crippen LogP contribution in [-0.4, -0.2) is 182 Å². The van der Waals surface area contributed by atoms with Gasteiger partial charge in [-0.25, -0.2) is 19.2 Å². The Morgan fingerprint density at radius 3 is 1.91 bits per heavy atom. The van der Waals surface area contributed by atoms with Crippen LogP contribution < -0.4 is 37.6 Å². The minimum Gasteiger partial charge on any atom is -0.460 e. The largest absolute Gasteiger partial charge is 0.460 e. The number of nitrogens with zero attached hydrogens (tertiary/aromatic N) is 3. The molecule has 10 amide bonds. The van der Waals surface area contributed by atoms with Crippen LogP contribution in [0.15, 0.2) is 67.3 Å². The summed E-state index contributed by atoms with van der Waals surface area (Å²) in [6, 6.07) is 8.44. The van der Waals surface area contributed by atoms with E-state index in [1.54, 1.807) is 105 Å². The van der Waals surface area contributed by atoms with E-state index in [0.29, 0.717) is 37.1 Å². The molecule has 2 unspecified atom stereocenters. The molecular formula is C66H104N10O15. The first-order valence-corrected chi connectivity index (χ1v) is 31.5. The number of anilines is 1. The highest BCUT2D eigenvalue weighted by Crippen LogP contribution is 2.30. The molecule has 0 radical (unpaired) electrons. The molecule has 25 heteroatoms. The number of benzene rings is 2. The quantitative estimate of drug-likeness (QED) is 0.0174. The number of esters is 1. The van der Waals surface area contributed by atoms with Crippen LogP contribution in [0.4, 0.5) is 20.1 Å². The Morgan fingerprint density at radius 2 is 1.36 bits per heavy atom. The summed E-state index contributed by atoms with van der Waals surface area (Å²) in [7, 11) is 6.03. The molecule has 8 N–H and O–H groups in total. The van der Waals surface area contributed by atoms with Gasteiger partial charge in [-0.2, -0.15) is 0 Å². The first-order valence-electron chi connectivity index (χ1n) is 31.5. The number of amides is 10. The van der Waals surface area contributed by atoms with E-state index in [-0.39, 0.29) is 63.2 Å². The standard InChI is InChI=1S/C66H104N10O15/c1-18-35-89-62(83)48(36-44-25-21-20-22-26-44)71-57(78)43(10)56(88-17)49-28-24-34-76(49)51(77)37-50(87-16)55(42(9)19-2)74(14)61(82)53(40(5)6)72-60(81)54(41(7)8)75(15)65(86)90-38-45-29-31-46(32-30-45)69-58(79)47(27-23-33-68-63(67)84)70-59(80)52(39(3)4)73-64(85)91-66(11,12)13/h18,20-22,25-26,29-32,39-43,47-50,52-56H,1,19,23-24,27-28,33-38H2,2-17H3,(H,69,79)(H,70,80)(H,71,78)(H,72,81)(H,73,85)(H3,67,68,84)/t42-,43+,47?,48-,49-,50+,52?,53-,54-,55-,56+/m0/s1. The van der Waals surface area contributed by atoms with Crippen LogP contribution in [0.3, 0.4) is 0 Å². The number of hydrogen-bond donors (Lipinski definition) is 7. The summed E-state index contributed by atoms with van der Waals surface area (Å²) in [5.41, 5.74) is 6.09. The number of carbonyl (C=O) groups excluding carboxylic acids is 10. The van der Waals surface area contributed by atoms with Gasteiger partial charge in [0.05, 0.1) is 36.6 Å². The second kappa shape index (κ2) is 37.5. The van der Waals surface area contributed by atoms with Crippen molar-refractivity contribution in [3.63, 3.8) is 0 Å². The van der Waals surface area contributed by atoms with Gasteiger partial charge in [-0.15, -0.1) is 0 Å². The average Bonchev–Trinajstić information content (AvgIpc) is 1.86. The van der Waals surface area contributed by atoms with Gasteiger partial charge in [-0.1, -0.05) is 124 Å². The topological polar surface area (TPSA) is 325 Å². The van der Waals surface area contributed by atoms with Gasteiger partial charge in [0.15, 0.2) is 0 Å². The molecule has 1 fully saturated rings. The maximum absolute atomic E-state index is 14.8. The molecule has 0 aliphatic carbocycles. The minimum absolute atomic E-state index is 0.0262. The normalized spacial score (nSPS) is 16.5. The van der Waals surface area contributed by atoms with Crippen molar-refractivity contribution in [2.75, 3.05) is 53.3 Å². The molecule has 11 atom stereocenters. The first-order chi connectivity index (χ1) is 42.8. The number of likely N-dealkylation sites (N-methyl/N-ethyl adjacent to an activating group) is 2. The predicted molar refractivity (Wildman–Crippen MR) is 345 cm³/mol. The predicted octanol–water partition coefficient (Wildman–Crippen LogP) is 6.22. The number of primary amides is 1. The lowest BCUT2D eigenvalue weighted by molar-refractivity contribution is -0.149.